The predicted octanol–water partition coefficient (Wildman–Crippen LogP) is 2.38. The normalized spacial score (nSPS) is 13.8. The van der Waals surface area contributed by atoms with Crippen molar-refractivity contribution in [2.45, 2.75) is 31.8 Å². The van der Waals surface area contributed by atoms with Crippen molar-refractivity contribution in [3.8, 4) is 0 Å². The molecule has 1 N–H and O–H groups in total. The first kappa shape index (κ1) is 17.5. The Labute approximate surface area is 164 Å². The molecule has 146 valence electrons. The van der Waals surface area contributed by atoms with Crippen molar-refractivity contribution >= 4 is 22.5 Å². The average Bonchev–Trinajstić information content (AvgIpc) is 3.52. The highest BCUT2D eigenvalue weighted by Crippen LogP contribution is 2.39. The van der Waals surface area contributed by atoms with E-state index in [2.05, 4.69) is 15.4 Å². The summed E-state index contributed by atoms with van der Waals surface area (Å²) >= 11 is 0. The summed E-state index contributed by atoms with van der Waals surface area (Å²) in [5.41, 5.74) is 1.28. The number of rotatable bonds is 5. The van der Waals surface area contributed by atoms with Gasteiger partial charge in [-0.1, -0.05) is 30.3 Å². The van der Waals surface area contributed by atoms with Crippen molar-refractivity contribution in [2.75, 3.05) is 0 Å². The fourth-order valence-electron chi connectivity index (χ4n) is 3.47. The van der Waals surface area contributed by atoms with Crippen LogP contribution in [0.25, 0.3) is 16.6 Å². The molecule has 8 heteroatoms. The summed E-state index contributed by atoms with van der Waals surface area (Å²) in [6.07, 6.45) is 1.97. The Morgan fingerprint density at radius 2 is 1.90 bits per heavy atom. The lowest BCUT2D eigenvalue weighted by Crippen LogP contribution is -2.33. The van der Waals surface area contributed by atoms with Crippen LogP contribution in [-0.2, 0) is 17.9 Å². The standard InChI is InChI=1S/C21H18FN5O2/c22-16-7-3-1-5-14(16)11-23-18(28)12-26-21(29)27-19(13-9-10-13)24-17-8-4-2-6-15(17)20(27)25-26/h1-8,13H,9-12H2,(H,23,28). The number of hydrogen-bond donors (Lipinski definition) is 1. The molecule has 2 heterocycles. The molecular weight excluding hydrogens is 373 g/mol. The molecule has 29 heavy (non-hydrogen) atoms. The maximum Gasteiger partial charge on any atom is 0.352 e. The molecule has 0 saturated heterocycles. The first-order chi connectivity index (χ1) is 14.1. The lowest BCUT2D eigenvalue weighted by atomic mass is 10.2. The van der Waals surface area contributed by atoms with E-state index < -0.39 is 5.91 Å². The van der Waals surface area contributed by atoms with Gasteiger partial charge in [-0.2, -0.15) is 0 Å². The Bertz CT molecular complexity index is 1310. The Morgan fingerprint density at radius 3 is 2.69 bits per heavy atom. The summed E-state index contributed by atoms with van der Waals surface area (Å²) < 4.78 is 16.4. The van der Waals surface area contributed by atoms with E-state index in [9.17, 15) is 14.0 Å². The highest BCUT2D eigenvalue weighted by molar-refractivity contribution is 5.91. The molecule has 0 spiro atoms. The third-order valence-corrected chi connectivity index (χ3v) is 5.12. The lowest BCUT2D eigenvalue weighted by Gasteiger charge is -2.05. The minimum Gasteiger partial charge on any atom is -0.350 e. The molecule has 1 amide bonds. The van der Waals surface area contributed by atoms with Gasteiger partial charge in [0, 0.05) is 23.4 Å². The number of hydrogen-bond acceptors (Lipinski definition) is 4. The van der Waals surface area contributed by atoms with Crippen LogP contribution in [0.5, 0.6) is 0 Å². The zero-order valence-corrected chi connectivity index (χ0v) is 15.5. The largest absolute Gasteiger partial charge is 0.352 e. The van der Waals surface area contributed by atoms with Crippen molar-refractivity contribution < 1.29 is 9.18 Å². The van der Waals surface area contributed by atoms with Crippen molar-refractivity contribution in [1.82, 2.24) is 24.5 Å². The van der Waals surface area contributed by atoms with Crippen molar-refractivity contribution in [1.29, 1.82) is 0 Å². The topological polar surface area (TPSA) is 81.3 Å². The molecule has 0 aliphatic heterocycles. The second-order valence-electron chi connectivity index (χ2n) is 7.23. The lowest BCUT2D eigenvalue weighted by molar-refractivity contribution is -0.122. The van der Waals surface area contributed by atoms with Crippen LogP contribution in [0.15, 0.2) is 53.3 Å². The highest BCUT2D eigenvalue weighted by atomic mass is 19.1. The number of nitrogens with one attached hydrogen (secondary N) is 1. The third kappa shape index (κ3) is 3.16. The van der Waals surface area contributed by atoms with Crippen LogP contribution in [0.1, 0.15) is 30.1 Å². The SMILES string of the molecule is O=C(Cn1nc2c3ccccc3nc(C3CC3)n2c1=O)NCc1ccccc1F. The number of amides is 1. The molecule has 1 aliphatic rings. The molecule has 0 atom stereocenters. The highest BCUT2D eigenvalue weighted by Gasteiger charge is 2.30. The van der Waals surface area contributed by atoms with Crippen molar-refractivity contribution in [2.24, 2.45) is 0 Å². The maximum atomic E-state index is 13.7. The van der Waals surface area contributed by atoms with E-state index in [1.54, 1.807) is 18.2 Å². The Balaban J connectivity index is 1.48. The molecule has 7 nitrogen and oxygen atoms in total. The first-order valence-electron chi connectivity index (χ1n) is 9.50. The molecule has 5 rings (SSSR count). The summed E-state index contributed by atoms with van der Waals surface area (Å²) in [6.45, 7) is -0.196. The molecule has 4 aromatic rings. The van der Waals surface area contributed by atoms with E-state index in [0.717, 1.165) is 28.4 Å². The van der Waals surface area contributed by atoms with Crippen LogP contribution in [0.3, 0.4) is 0 Å². The Kier molecular flexibility index (Phi) is 4.12. The van der Waals surface area contributed by atoms with Crippen LogP contribution in [-0.4, -0.2) is 25.1 Å². The number of benzene rings is 2. The second-order valence-corrected chi connectivity index (χ2v) is 7.23. The van der Waals surface area contributed by atoms with Crippen molar-refractivity contribution in [3.63, 3.8) is 0 Å². The number of nitrogens with zero attached hydrogens (tertiary/aromatic N) is 4. The van der Waals surface area contributed by atoms with Gasteiger partial charge in [-0.3, -0.25) is 4.79 Å². The minimum atomic E-state index is -0.413. The first-order valence-corrected chi connectivity index (χ1v) is 9.50. The second kappa shape index (κ2) is 6.80. The van der Waals surface area contributed by atoms with Gasteiger partial charge in [0.25, 0.3) is 0 Å². The monoisotopic (exact) mass is 391 g/mol. The van der Waals surface area contributed by atoms with Crippen molar-refractivity contribution in [3.05, 3.63) is 76.2 Å². The van der Waals surface area contributed by atoms with E-state index in [0.29, 0.717) is 17.0 Å². The molecule has 1 fully saturated rings. The summed E-state index contributed by atoms with van der Waals surface area (Å²) in [5, 5.41) is 7.82. The van der Waals surface area contributed by atoms with Crippen LogP contribution in [0, 0.1) is 5.82 Å². The molecule has 0 bridgehead atoms. The molecule has 1 saturated carbocycles. The average molecular weight is 391 g/mol. The van der Waals surface area contributed by atoms with Crippen LogP contribution >= 0.6 is 0 Å². The van der Waals surface area contributed by atoms with E-state index in [4.69, 9.17) is 0 Å². The fourth-order valence-corrected chi connectivity index (χ4v) is 3.47. The van der Waals surface area contributed by atoms with Gasteiger partial charge in [0.1, 0.15) is 18.2 Å². The number of fused-ring (bicyclic) bond motifs is 3. The van der Waals surface area contributed by atoms with Gasteiger partial charge in [-0.15, -0.1) is 5.10 Å². The number of para-hydroxylation sites is 1. The quantitative estimate of drug-likeness (QED) is 0.566. The summed E-state index contributed by atoms with van der Waals surface area (Å²) in [7, 11) is 0. The third-order valence-electron chi connectivity index (χ3n) is 5.12. The molecule has 0 radical (unpaired) electrons. The number of carbonyl (C=O) groups excluding carboxylic acids is 1. The van der Waals surface area contributed by atoms with Gasteiger partial charge in [-0.25, -0.2) is 23.3 Å². The van der Waals surface area contributed by atoms with Gasteiger partial charge in [-0.05, 0) is 31.0 Å². The van der Waals surface area contributed by atoms with Crippen LogP contribution < -0.4 is 11.0 Å². The van der Waals surface area contributed by atoms with Gasteiger partial charge >= 0.3 is 5.69 Å². The summed E-state index contributed by atoms with van der Waals surface area (Å²) in [4.78, 5) is 30.0. The number of carbonyl (C=O) groups is 1. The van der Waals surface area contributed by atoms with E-state index in [1.165, 1.54) is 10.5 Å². The number of halogens is 1. The van der Waals surface area contributed by atoms with Gasteiger partial charge in [0.05, 0.1) is 5.52 Å². The smallest absolute Gasteiger partial charge is 0.350 e. The minimum absolute atomic E-state index is 0.0471. The van der Waals surface area contributed by atoms with Crippen LogP contribution in [0.2, 0.25) is 0 Å². The Hall–Kier alpha value is -3.55. The molecule has 2 aromatic heterocycles. The van der Waals surface area contributed by atoms with E-state index >= 15 is 0 Å². The zero-order chi connectivity index (χ0) is 20.0. The van der Waals surface area contributed by atoms with Gasteiger partial charge < -0.3 is 5.32 Å². The maximum absolute atomic E-state index is 13.7. The Morgan fingerprint density at radius 1 is 1.14 bits per heavy atom. The van der Waals surface area contributed by atoms with E-state index in [-0.39, 0.29) is 30.5 Å². The van der Waals surface area contributed by atoms with Crippen LogP contribution in [0.4, 0.5) is 4.39 Å². The predicted molar refractivity (Wildman–Crippen MR) is 105 cm³/mol. The van der Waals surface area contributed by atoms with E-state index in [1.807, 2.05) is 24.3 Å². The van der Waals surface area contributed by atoms with Gasteiger partial charge in [0.2, 0.25) is 5.91 Å². The van der Waals surface area contributed by atoms with Gasteiger partial charge in [0.15, 0.2) is 5.65 Å². The molecule has 2 aromatic carbocycles. The molecular formula is C21H18FN5O2. The molecule has 1 aliphatic carbocycles. The molecule has 0 unspecified atom stereocenters. The zero-order valence-electron chi connectivity index (χ0n) is 15.5. The number of aromatic nitrogens is 4. The summed E-state index contributed by atoms with van der Waals surface area (Å²) in [5.74, 6) is 0.141. The summed E-state index contributed by atoms with van der Waals surface area (Å²) in [6, 6.07) is 13.8. The fraction of sp³-hybridized carbons (Fsp3) is 0.238.